The molecule has 0 saturated heterocycles. The standard InChI is InChI=1S/C13H15N5O2S/c1-2-12-14-9-13(17-12)21(19,20)16-8-10-4-3-7-18-11(10)5-6-15-18/h3-7,9,16H,2,8H2,1H3,(H,14,17). The molecule has 0 spiro atoms. The van der Waals surface area contributed by atoms with E-state index in [0.717, 1.165) is 11.1 Å². The lowest BCUT2D eigenvalue weighted by molar-refractivity contribution is 0.578. The third kappa shape index (κ3) is 2.67. The lowest BCUT2D eigenvalue weighted by Gasteiger charge is -2.06. The molecule has 2 N–H and O–H groups in total. The van der Waals surface area contributed by atoms with Crippen LogP contribution >= 0.6 is 0 Å². The molecule has 0 bridgehead atoms. The van der Waals surface area contributed by atoms with Crippen LogP contribution in [0.1, 0.15) is 18.3 Å². The second-order valence-corrected chi connectivity index (χ2v) is 6.30. The number of imidazole rings is 1. The molecule has 0 fully saturated rings. The molecule has 0 amide bonds. The van der Waals surface area contributed by atoms with E-state index in [0.29, 0.717) is 12.2 Å². The molecule has 0 aliphatic carbocycles. The van der Waals surface area contributed by atoms with Gasteiger partial charge in [-0.1, -0.05) is 13.0 Å². The fourth-order valence-corrected chi connectivity index (χ4v) is 3.02. The van der Waals surface area contributed by atoms with Crippen molar-refractivity contribution in [3.05, 3.63) is 48.2 Å². The minimum atomic E-state index is -3.60. The Morgan fingerprint density at radius 2 is 2.24 bits per heavy atom. The van der Waals surface area contributed by atoms with Crippen molar-refractivity contribution >= 4 is 15.5 Å². The van der Waals surface area contributed by atoms with E-state index >= 15 is 0 Å². The first-order chi connectivity index (χ1) is 10.1. The van der Waals surface area contributed by atoms with Gasteiger partial charge in [-0.15, -0.1) is 0 Å². The number of nitrogens with zero attached hydrogens (tertiary/aromatic N) is 3. The Kier molecular flexibility index (Phi) is 3.48. The summed E-state index contributed by atoms with van der Waals surface area (Å²) in [5, 5.41) is 4.20. The van der Waals surface area contributed by atoms with Gasteiger partial charge in [0.1, 0.15) is 5.82 Å². The second kappa shape index (κ2) is 5.30. The van der Waals surface area contributed by atoms with Gasteiger partial charge in [-0.05, 0) is 17.7 Å². The van der Waals surface area contributed by atoms with Gasteiger partial charge in [0.05, 0.1) is 11.7 Å². The van der Waals surface area contributed by atoms with Gasteiger partial charge in [0.25, 0.3) is 10.0 Å². The van der Waals surface area contributed by atoms with Crippen molar-refractivity contribution in [1.29, 1.82) is 0 Å². The molecule has 0 aromatic carbocycles. The van der Waals surface area contributed by atoms with Crippen molar-refractivity contribution in [2.75, 3.05) is 0 Å². The summed E-state index contributed by atoms with van der Waals surface area (Å²) in [5.74, 6) is 0.647. The van der Waals surface area contributed by atoms with E-state index in [-0.39, 0.29) is 11.6 Å². The maximum absolute atomic E-state index is 12.2. The number of aryl methyl sites for hydroxylation is 1. The first-order valence-corrected chi connectivity index (χ1v) is 8.03. The van der Waals surface area contributed by atoms with Crippen molar-refractivity contribution < 1.29 is 8.42 Å². The van der Waals surface area contributed by atoms with Crippen LogP contribution in [0.2, 0.25) is 0 Å². The molecule has 3 aromatic heterocycles. The van der Waals surface area contributed by atoms with Crippen LogP contribution in [0, 0.1) is 0 Å². The Morgan fingerprint density at radius 1 is 1.38 bits per heavy atom. The third-order valence-electron chi connectivity index (χ3n) is 3.21. The van der Waals surface area contributed by atoms with Crippen LogP contribution in [0.25, 0.3) is 5.52 Å². The largest absolute Gasteiger partial charge is 0.332 e. The molecule has 8 heteroatoms. The maximum Gasteiger partial charge on any atom is 0.257 e. The first kappa shape index (κ1) is 13.8. The minimum Gasteiger partial charge on any atom is -0.332 e. The van der Waals surface area contributed by atoms with E-state index < -0.39 is 10.0 Å². The molecule has 110 valence electrons. The van der Waals surface area contributed by atoms with Crippen molar-refractivity contribution in [2.24, 2.45) is 0 Å². The number of fused-ring (bicyclic) bond motifs is 1. The molecule has 3 rings (SSSR count). The molecule has 0 atom stereocenters. The SMILES string of the molecule is CCc1ncc(S(=O)(=O)NCc2cccn3nccc23)[nH]1. The van der Waals surface area contributed by atoms with Crippen LogP contribution in [0.5, 0.6) is 0 Å². The lowest BCUT2D eigenvalue weighted by Crippen LogP contribution is -2.23. The van der Waals surface area contributed by atoms with Crippen LogP contribution in [-0.4, -0.2) is 28.0 Å². The summed E-state index contributed by atoms with van der Waals surface area (Å²) in [4.78, 5) is 6.80. The summed E-state index contributed by atoms with van der Waals surface area (Å²) in [6.07, 6.45) is 5.48. The average molecular weight is 305 g/mol. The Balaban J connectivity index is 1.82. The van der Waals surface area contributed by atoms with Gasteiger partial charge >= 0.3 is 0 Å². The lowest BCUT2D eigenvalue weighted by atomic mass is 10.2. The summed E-state index contributed by atoms with van der Waals surface area (Å²) in [5.41, 5.74) is 1.73. The topological polar surface area (TPSA) is 92.2 Å². The Bertz CT molecular complexity index is 865. The Labute approximate surface area is 122 Å². The molecule has 0 aliphatic rings. The molecular formula is C13H15N5O2S. The fourth-order valence-electron chi connectivity index (χ4n) is 2.07. The number of hydrogen-bond donors (Lipinski definition) is 2. The summed E-state index contributed by atoms with van der Waals surface area (Å²) < 4.78 is 28.7. The van der Waals surface area contributed by atoms with Crippen molar-refractivity contribution in [3.8, 4) is 0 Å². The zero-order valence-corrected chi connectivity index (χ0v) is 12.3. The van der Waals surface area contributed by atoms with Gasteiger partial charge in [-0.3, -0.25) is 0 Å². The molecular weight excluding hydrogens is 290 g/mol. The predicted molar refractivity (Wildman–Crippen MR) is 77.2 cm³/mol. The van der Waals surface area contributed by atoms with Crippen LogP contribution in [0.15, 0.2) is 41.8 Å². The molecule has 0 unspecified atom stereocenters. The van der Waals surface area contributed by atoms with Crippen LogP contribution in [0.3, 0.4) is 0 Å². The van der Waals surface area contributed by atoms with Gasteiger partial charge in [0, 0.05) is 25.4 Å². The number of pyridine rings is 1. The predicted octanol–water partition coefficient (Wildman–Crippen LogP) is 1.10. The number of rotatable bonds is 5. The Hall–Kier alpha value is -2.19. The Morgan fingerprint density at radius 3 is 3.00 bits per heavy atom. The number of aromatic amines is 1. The zero-order valence-electron chi connectivity index (χ0n) is 11.4. The van der Waals surface area contributed by atoms with Crippen molar-refractivity contribution in [2.45, 2.75) is 24.9 Å². The number of sulfonamides is 1. The highest BCUT2D eigenvalue weighted by molar-refractivity contribution is 7.89. The van der Waals surface area contributed by atoms with E-state index in [4.69, 9.17) is 0 Å². The highest BCUT2D eigenvalue weighted by atomic mass is 32.2. The monoisotopic (exact) mass is 305 g/mol. The summed E-state index contributed by atoms with van der Waals surface area (Å²) >= 11 is 0. The van der Waals surface area contributed by atoms with Crippen molar-refractivity contribution in [1.82, 2.24) is 24.3 Å². The summed E-state index contributed by atoms with van der Waals surface area (Å²) in [6.45, 7) is 2.10. The number of aromatic nitrogens is 4. The quantitative estimate of drug-likeness (QED) is 0.738. The molecule has 7 nitrogen and oxygen atoms in total. The van der Waals surface area contributed by atoms with Crippen LogP contribution < -0.4 is 4.72 Å². The highest BCUT2D eigenvalue weighted by Gasteiger charge is 2.17. The van der Waals surface area contributed by atoms with E-state index in [9.17, 15) is 8.42 Å². The van der Waals surface area contributed by atoms with E-state index in [1.165, 1.54) is 6.20 Å². The molecule has 0 saturated carbocycles. The van der Waals surface area contributed by atoms with E-state index in [2.05, 4.69) is 19.8 Å². The van der Waals surface area contributed by atoms with E-state index in [1.807, 2.05) is 31.3 Å². The molecule has 0 radical (unpaired) electrons. The first-order valence-electron chi connectivity index (χ1n) is 6.55. The minimum absolute atomic E-state index is 0.0832. The molecule has 21 heavy (non-hydrogen) atoms. The number of H-pyrrole nitrogens is 1. The number of nitrogens with one attached hydrogen (secondary N) is 2. The second-order valence-electron chi connectivity index (χ2n) is 4.57. The number of hydrogen-bond acceptors (Lipinski definition) is 4. The van der Waals surface area contributed by atoms with Gasteiger partial charge in [0.15, 0.2) is 5.03 Å². The van der Waals surface area contributed by atoms with E-state index in [1.54, 1.807) is 10.7 Å². The molecule has 3 heterocycles. The van der Waals surface area contributed by atoms with Crippen LogP contribution in [-0.2, 0) is 23.0 Å². The zero-order chi connectivity index (χ0) is 14.9. The maximum atomic E-state index is 12.2. The summed E-state index contributed by atoms with van der Waals surface area (Å²) in [6, 6.07) is 5.54. The van der Waals surface area contributed by atoms with Gasteiger partial charge in [-0.25, -0.2) is 22.6 Å². The average Bonchev–Trinajstić information content (AvgIpc) is 3.13. The van der Waals surface area contributed by atoms with Crippen molar-refractivity contribution in [3.63, 3.8) is 0 Å². The fraction of sp³-hybridized carbons (Fsp3) is 0.231. The smallest absolute Gasteiger partial charge is 0.257 e. The van der Waals surface area contributed by atoms with Gasteiger partial charge in [0.2, 0.25) is 0 Å². The normalized spacial score (nSPS) is 12.0. The van der Waals surface area contributed by atoms with Gasteiger partial charge < -0.3 is 4.98 Å². The molecule has 3 aromatic rings. The molecule has 0 aliphatic heterocycles. The van der Waals surface area contributed by atoms with Crippen LogP contribution in [0.4, 0.5) is 0 Å². The third-order valence-corrected chi connectivity index (χ3v) is 4.52. The summed E-state index contributed by atoms with van der Waals surface area (Å²) in [7, 11) is -3.60. The highest BCUT2D eigenvalue weighted by Crippen LogP contribution is 2.12. The van der Waals surface area contributed by atoms with Gasteiger partial charge in [-0.2, -0.15) is 5.10 Å².